The molecule has 0 aliphatic heterocycles. The Bertz CT molecular complexity index is 383. The van der Waals surface area contributed by atoms with Crippen LogP contribution in [0.15, 0.2) is 12.1 Å². The quantitative estimate of drug-likeness (QED) is 0.698. The van der Waals surface area contributed by atoms with Crippen LogP contribution in [-0.4, -0.2) is 7.05 Å². The van der Waals surface area contributed by atoms with Crippen molar-refractivity contribution < 1.29 is 0 Å². The highest BCUT2D eigenvalue weighted by atomic mass is 14.9. The number of benzene rings is 1. The standard InChI is InChI=1S/C19H33N/c1-7-14(5)11-18(20-6)19-16(9-3)12-15(8-2)13-17(19)10-4/h12-14,18,20H,7-11H2,1-6H3. The van der Waals surface area contributed by atoms with Crippen molar-refractivity contribution in [3.63, 3.8) is 0 Å². The van der Waals surface area contributed by atoms with Crippen LogP contribution in [0.1, 0.15) is 75.8 Å². The van der Waals surface area contributed by atoms with E-state index in [4.69, 9.17) is 0 Å². The zero-order valence-electron chi connectivity index (χ0n) is 14.3. The van der Waals surface area contributed by atoms with Crippen molar-refractivity contribution in [1.82, 2.24) is 5.32 Å². The number of rotatable bonds is 8. The summed E-state index contributed by atoms with van der Waals surface area (Å²) in [6.07, 6.45) is 5.90. The van der Waals surface area contributed by atoms with E-state index in [0.29, 0.717) is 6.04 Å². The molecule has 1 nitrogen and oxygen atoms in total. The van der Waals surface area contributed by atoms with Crippen LogP contribution in [0.2, 0.25) is 0 Å². The van der Waals surface area contributed by atoms with Gasteiger partial charge in [-0.1, -0.05) is 53.2 Å². The summed E-state index contributed by atoms with van der Waals surface area (Å²) in [7, 11) is 2.11. The topological polar surface area (TPSA) is 12.0 Å². The SMILES string of the molecule is CCc1cc(CC)c(C(CC(C)CC)NC)c(CC)c1. The van der Waals surface area contributed by atoms with Crippen LogP contribution < -0.4 is 5.32 Å². The molecule has 0 saturated heterocycles. The zero-order chi connectivity index (χ0) is 15.1. The average molecular weight is 275 g/mol. The molecule has 2 atom stereocenters. The summed E-state index contributed by atoms with van der Waals surface area (Å²) >= 11 is 0. The van der Waals surface area contributed by atoms with Crippen LogP contribution in [0, 0.1) is 5.92 Å². The van der Waals surface area contributed by atoms with E-state index in [-0.39, 0.29) is 0 Å². The first-order valence-electron chi connectivity index (χ1n) is 8.42. The lowest BCUT2D eigenvalue weighted by atomic mass is 9.85. The van der Waals surface area contributed by atoms with E-state index >= 15 is 0 Å². The van der Waals surface area contributed by atoms with Crippen LogP contribution in [-0.2, 0) is 19.3 Å². The van der Waals surface area contributed by atoms with E-state index in [1.165, 1.54) is 18.4 Å². The molecule has 2 unspecified atom stereocenters. The molecule has 1 aromatic carbocycles. The van der Waals surface area contributed by atoms with Crippen molar-refractivity contribution in [2.24, 2.45) is 5.92 Å². The van der Waals surface area contributed by atoms with Crippen molar-refractivity contribution >= 4 is 0 Å². The van der Waals surface area contributed by atoms with Crippen molar-refractivity contribution in [2.45, 2.75) is 72.8 Å². The van der Waals surface area contributed by atoms with Crippen LogP contribution >= 0.6 is 0 Å². The average Bonchev–Trinajstić information content (AvgIpc) is 2.50. The maximum Gasteiger partial charge on any atom is 0.0325 e. The van der Waals surface area contributed by atoms with Gasteiger partial charge in [0.1, 0.15) is 0 Å². The summed E-state index contributed by atoms with van der Waals surface area (Å²) in [5.74, 6) is 0.771. The van der Waals surface area contributed by atoms with E-state index in [2.05, 4.69) is 59.1 Å². The van der Waals surface area contributed by atoms with E-state index in [1.807, 2.05) is 0 Å². The lowest BCUT2D eigenvalue weighted by Gasteiger charge is -2.26. The van der Waals surface area contributed by atoms with Crippen LogP contribution in [0.3, 0.4) is 0 Å². The van der Waals surface area contributed by atoms with Crippen molar-refractivity contribution in [2.75, 3.05) is 7.05 Å². The largest absolute Gasteiger partial charge is 0.313 e. The molecule has 0 heterocycles. The predicted octanol–water partition coefficient (Wildman–Crippen LogP) is 5.07. The third kappa shape index (κ3) is 4.09. The Balaban J connectivity index is 3.24. The molecular weight excluding hydrogens is 242 g/mol. The molecule has 1 heteroatoms. The number of hydrogen-bond acceptors (Lipinski definition) is 1. The lowest BCUT2D eigenvalue weighted by molar-refractivity contribution is 0.418. The first-order chi connectivity index (χ1) is 9.60. The molecule has 0 aliphatic carbocycles. The number of nitrogens with one attached hydrogen (secondary N) is 1. The van der Waals surface area contributed by atoms with Gasteiger partial charge in [-0.15, -0.1) is 0 Å². The summed E-state index contributed by atoms with van der Waals surface area (Å²) in [6.45, 7) is 11.5. The first kappa shape index (κ1) is 17.2. The van der Waals surface area contributed by atoms with E-state index < -0.39 is 0 Å². The van der Waals surface area contributed by atoms with Gasteiger partial charge < -0.3 is 5.32 Å². The Morgan fingerprint density at radius 2 is 1.50 bits per heavy atom. The molecule has 1 rings (SSSR count). The Morgan fingerprint density at radius 1 is 0.950 bits per heavy atom. The van der Waals surface area contributed by atoms with Crippen LogP contribution in [0.25, 0.3) is 0 Å². The third-order valence-electron chi connectivity index (χ3n) is 4.61. The van der Waals surface area contributed by atoms with Gasteiger partial charge in [0.25, 0.3) is 0 Å². The highest BCUT2D eigenvalue weighted by Crippen LogP contribution is 2.30. The fourth-order valence-corrected chi connectivity index (χ4v) is 3.04. The van der Waals surface area contributed by atoms with E-state index in [9.17, 15) is 0 Å². The predicted molar refractivity (Wildman–Crippen MR) is 90.4 cm³/mol. The van der Waals surface area contributed by atoms with E-state index in [1.54, 1.807) is 16.7 Å². The fraction of sp³-hybridized carbons (Fsp3) is 0.684. The van der Waals surface area contributed by atoms with Gasteiger partial charge in [-0.2, -0.15) is 0 Å². The second-order valence-electron chi connectivity index (χ2n) is 5.98. The summed E-state index contributed by atoms with van der Waals surface area (Å²) in [5.41, 5.74) is 6.16. The van der Waals surface area contributed by atoms with Gasteiger partial charge >= 0.3 is 0 Å². The molecule has 0 fully saturated rings. The second kappa shape index (κ2) is 8.46. The van der Waals surface area contributed by atoms with Gasteiger partial charge in [0, 0.05) is 6.04 Å². The van der Waals surface area contributed by atoms with Gasteiger partial charge in [-0.05, 0) is 60.9 Å². The number of aryl methyl sites for hydroxylation is 3. The molecule has 1 aromatic rings. The van der Waals surface area contributed by atoms with Gasteiger partial charge in [-0.25, -0.2) is 0 Å². The zero-order valence-corrected chi connectivity index (χ0v) is 14.3. The molecule has 0 radical (unpaired) electrons. The molecule has 0 spiro atoms. The minimum absolute atomic E-state index is 0.501. The maximum absolute atomic E-state index is 3.57. The summed E-state index contributed by atoms with van der Waals surface area (Å²) in [5, 5.41) is 3.57. The summed E-state index contributed by atoms with van der Waals surface area (Å²) < 4.78 is 0. The Hall–Kier alpha value is -0.820. The fourth-order valence-electron chi connectivity index (χ4n) is 3.04. The highest BCUT2D eigenvalue weighted by Gasteiger charge is 2.19. The van der Waals surface area contributed by atoms with Crippen molar-refractivity contribution in [3.05, 3.63) is 34.4 Å². The molecular formula is C19H33N. The molecule has 20 heavy (non-hydrogen) atoms. The molecule has 0 aliphatic rings. The molecule has 114 valence electrons. The minimum Gasteiger partial charge on any atom is -0.313 e. The highest BCUT2D eigenvalue weighted by molar-refractivity contribution is 5.42. The Labute approximate surface area is 126 Å². The normalized spacial score (nSPS) is 14.3. The third-order valence-corrected chi connectivity index (χ3v) is 4.61. The second-order valence-corrected chi connectivity index (χ2v) is 5.98. The van der Waals surface area contributed by atoms with Gasteiger partial charge in [0.15, 0.2) is 0 Å². The maximum atomic E-state index is 3.57. The molecule has 0 bridgehead atoms. The molecule has 1 N–H and O–H groups in total. The minimum atomic E-state index is 0.501. The lowest BCUT2D eigenvalue weighted by Crippen LogP contribution is -2.22. The smallest absolute Gasteiger partial charge is 0.0325 e. The van der Waals surface area contributed by atoms with Crippen LogP contribution in [0.5, 0.6) is 0 Å². The van der Waals surface area contributed by atoms with E-state index in [0.717, 1.165) is 25.2 Å². The van der Waals surface area contributed by atoms with Gasteiger partial charge in [0.05, 0.1) is 0 Å². The molecule has 0 aromatic heterocycles. The van der Waals surface area contributed by atoms with Gasteiger partial charge in [-0.3, -0.25) is 0 Å². The summed E-state index contributed by atoms with van der Waals surface area (Å²) in [6, 6.07) is 5.35. The van der Waals surface area contributed by atoms with Crippen LogP contribution in [0.4, 0.5) is 0 Å². The monoisotopic (exact) mass is 275 g/mol. The molecule has 0 saturated carbocycles. The number of hydrogen-bond donors (Lipinski definition) is 1. The Kier molecular flexibility index (Phi) is 7.29. The van der Waals surface area contributed by atoms with Crippen molar-refractivity contribution in [3.8, 4) is 0 Å². The first-order valence-corrected chi connectivity index (χ1v) is 8.42. The molecule has 0 amide bonds. The Morgan fingerprint density at radius 3 is 1.85 bits per heavy atom. The van der Waals surface area contributed by atoms with Gasteiger partial charge in [0.2, 0.25) is 0 Å². The van der Waals surface area contributed by atoms with Crippen molar-refractivity contribution in [1.29, 1.82) is 0 Å². The summed E-state index contributed by atoms with van der Waals surface area (Å²) in [4.78, 5) is 0.